The predicted molar refractivity (Wildman–Crippen MR) is 50.7 cm³/mol. The molecule has 74 valence electrons. The van der Waals surface area contributed by atoms with Crippen molar-refractivity contribution in [3.8, 4) is 0 Å². The minimum absolute atomic E-state index is 0.264. The molecule has 12 heavy (non-hydrogen) atoms. The minimum Gasteiger partial charge on any atom is -0.796 e. The molecular formula is C8H19NO2P-. The van der Waals surface area contributed by atoms with Gasteiger partial charge in [-0.25, -0.2) is 0 Å². The van der Waals surface area contributed by atoms with E-state index in [1.165, 1.54) is 0 Å². The fraction of sp³-hybridized carbons (Fsp3) is 1.00. The lowest BCUT2D eigenvalue weighted by molar-refractivity contribution is -0.195. The van der Waals surface area contributed by atoms with E-state index < -0.39 is 8.53 Å². The zero-order valence-corrected chi connectivity index (χ0v) is 9.47. The fourth-order valence-corrected chi connectivity index (χ4v) is 2.26. The van der Waals surface area contributed by atoms with Crippen molar-refractivity contribution >= 4 is 8.53 Å². The number of hydrogen-bond acceptors (Lipinski definition) is 3. The van der Waals surface area contributed by atoms with Crippen LogP contribution in [0.2, 0.25) is 0 Å². The molecule has 1 unspecified atom stereocenters. The van der Waals surface area contributed by atoms with Gasteiger partial charge in [-0.2, -0.15) is 0 Å². The fourth-order valence-electron chi connectivity index (χ4n) is 1.15. The van der Waals surface area contributed by atoms with Gasteiger partial charge in [-0.1, -0.05) is 0 Å². The van der Waals surface area contributed by atoms with E-state index in [4.69, 9.17) is 4.52 Å². The second kappa shape index (κ2) is 5.87. The standard InChI is InChI=1S/C8H19NO2P/c1-6-11-12(10)9(7(2)3)8(4)5/h7-8H,6H2,1-5H3/q-1. The SMILES string of the molecule is CCOP([O-])N(C(C)C)C(C)C. The van der Waals surface area contributed by atoms with Gasteiger partial charge in [-0.15, -0.1) is 0 Å². The maximum absolute atomic E-state index is 11.5. The van der Waals surface area contributed by atoms with E-state index in [0.717, 1.165) is 0 Å². The Hall–Kier alpha value is 0.310. The lowest BCUT2D eigenvalue weighted by Crippen LogP contribution is -2.36. The number of nitrogens with zero attached hydrogens (tertiary/aromatic N) is 1. The molecule has 0 aliphatic rings. The van der Waals surface area contributed by atoms with Crippen LogP contribution in [0.1, 0.15) is 34.6 Å². The van der Waals surface area contributed by atoms with Crippen molar-refractivity contribution in [1.82, 2.24) is 4.67 Å². The quantitative estimate of drug-likeness (QED) is 0.622. The first-order valence-corrected chi connectivity index (χ1v) is 5.52. The van der Waals surface area contributed by atoms with Gasteiger partial charge in [0.25, 0.3) is 0 Å². The zero-order chi connectivity index (χ0) is 9.72. The van der Waals surface area contributed by atoms with Crippen molar-refractivity contribution in [2.24, 2.45) is 0 Å². The monoisotopic (exact) mass is 192 g/mol. The van der Waals surface area contributed by atoms with Crippen LogP contribution in [0.4, 0.5) is 0 Å². The molecule has 0 amide bonds. The Morgan fingerprint density at radius 2 is 1.67 bits per heavy atom. The normalized spacial score (nSPS) is 14.8. The second-order valence-electron chi connectivity index (χ2n) is 3.22. The second-order valence-corrected chi connectivity index (χ2v) is 4.42. The van der Waals surface area contributed by atoms with Crippen LogP contribution in [0.5, 0.6) is 0 Å². The molecule has 0 spiro atoms. The van der Waals surface area contributed by atoms with E-state index in [1.54, 1.807) is 0 Å². The van der Waals surface area contributed by atoms with Gasteiger partial charge in [0.1, 0.15) is 0 Å². The van der Waals surface area contributed by atoms with Crippen molar-refractivity contribution < 1.29 is 9.42 Å². The summed E-state index contributed by atoms with van der Waals surface area (Å²) in [6.07, 6.45) is 0. The smallest absolute Gasteiger partial charge is 0.0481 e. The van der Waals surface area contributed by atoms with E-state index in [2.05, 4.69) is 0 Å². The maximum Gasteiger partial charge on any atom is 0.0481 e. The first-order valence-electron chi connectivity index (χ1n) is 4.39. The molecule has 0 saturated carbocycles. The molecular weight excluding hydrogens is 173 g/mol. The number of rotatable bonds is 5. The summed E-state index contributed by atoms with van der Waals surface area (Å²) in [5, 5.41) is 0. The molecule has 0 N–H and O–H groups in total. The van der Waals surface area contributed by atoms with Crippen LogP contribution in [-0.2, 0) is 4.52 Å². The first kappa shape index (κ1) is 12.3. The van der Waals surface area contributed by atoms with E-state index >= 15 is 0 Å². The van der Waals surface area contributed by atoms with Gasteiger partial charge in [-0.05, 0) is 34.6 Å². The van der Waals surface area contributed by atoms with Crippen molar-refractivity contribution in [3.05, 3.63) is 0 Å². The summed E-state index contributed by atoms with van der Waals surface area (Å²) in [6, 6.07) is 0.528. The first-order chi connectivity index (χ1) is 5.50. The van der Waals surface area contributed by atoms with Gasteiger partial charge >= 0.3 is 0 Å². The van der Waals surface area contributed by atoms with Crippen LogP contribution in [0.25, 0.3) is 0 Å². The van der Waals surface area contributed by atoms with E-state index in [9.17, 15) is 4.89 Å². The van der Waals surface area contributed by atoms with E-state index in [0.29, 0.717) is 6.61 Å². The highest BCUT2D eigenvalue weighted by molar-refractivity contribution is 7.42. The number of hydrogen-bond donors (Lipinski definition) is 0. The molecule has 3 nitrogen and oxygen atoms in total. The molecule has 0 aromatic carbocycles. The maximum atomic E-state index is 11.5. The highest BCUT2D eigenvalue weighted by atomic mass is 31.2. The summed E-state index contributed by atoms with van der Waals surface area (Å²) in [5.74, 6) is 0. The van der Waals surface area contributed by atoms with Crippen LogP contribution in [-0.4, -0.2) is 23.4 Å². The lowest BCUT2D eigenvalue weighted by Gasteiger charge is -2.40. The molecule has 0 aromatic rings. The predicted octanol–water partition coefficient (Wildman–Crippen LogP) is 1.73. The summed E-state index contributed by atoms with van der Waals surface area (Å²) in [4.78, 5) is 11.5. The van der Waals surface area contributed by atoms with Gasteiger partial charge in [-0.3, -0.25) is 4.67 Å². The van der Waals surface area contributed by atoms with Crippen LogP contribution < -0.4 is 4.89 Å². The van der Waals surface area contributed by atoms with Crippen LogP contribution in [0, 0.1) is 0 Å². The third kappa shape index (κ3) is 3.81. The van der Waals surface area contributed by atoms with E-state index in [1.807, 2.05) is 39.3 Å². The zero-order valence-electron chi connectivity index (χ0n) is 8.57. The Labute approximate surface area is 76.7 Å². The summed E-state index contributed by atoms with van der Waals surface area (Å²) < 4.78 is 6.94. The molecule has 0 heterocycles. The Morgan fingerprint density at radius 3 is 1.92 bits per heavy atom. The Kier molecular flexibility index (Phi) is 6.02. The van der Waals surface area contributed by atoms with Gasteiger partial charge in [0, 0.05) is 27.2 Å². The highest BCUT2D eigenvalue weighted by Gasteiger charge is 2.15. The Morgan fingerprint density at radius 1 is 1.25 bits per heavy atom. The molecule has 0 fully saturated rings. The Bertz CT molecular complexity index is 112. The molecule has 0 bridgehead atoms. The average molecular weight is 192 g/mol. The van der Waals surface area contributed by atoms with E-state index in [-0.39, 0.29) is 12.1 Å². The van der Waals surface area contributed by atoms with Gasteiger partial charge in [0.15, 0.2) is 0 Å². The molecule has 0 saturated heterocycles. The van der Waals surface area contributed by atoms with Gasteiger partial charge in [0.05, 0.1) is 0 Å². The molecule has 0 aliphatic carbocycles. The van der Waals surface area contributed by atoms with Crippen LogP contribution in [0.3, 0.4) is 0 Å². The third-order valence-corrected chi connectivity index (χ3v) is 3.27. The molecule has 0 aromatic heterocycles. The minimum atomic E-state index is -1.64. The molecule has 0 radical (unpaired) electrons. The molecule has 0 rings (SSSR count). The highest BCUT2D eigenvalue weighted by Crippen LogP contribution is 2.35. The molecule has 0 aliphatic heterocycles. The largest absolute Gasteiger partial charge is 0.796 e. The van der Waals surface area contributed by atoms with Gasteiger partial charge < -0.3 is 9.42 Å². The van der Waals surface area contributed by atoms with Crippen molar-refractivity contribution in [2.75, 3.05) is 6.61 Å². The van der Waals surface area contributed by atoms with Crippen molar-refractivity contribution in [1.29, 1.82) is 0 Å². The summed E-state index contributed by atoms with van der Waals surface area (Å²) >= 11 is 0. The van der Waals surface area contributed by atoms with Gasteiger partial charge in [0.2, 0.25) is 0 Å². The third-order valence-electron chi connectivity index (χ3n) is 1.49. The van der Waals surface area contributed by atoms with Crippen molar-refractivity contribution in [2.45, 2.75) is 46.7 Å². The molecule has 4 heteroatoms. The van der Waals surface area contributed by atoms with Crippen molar-refractivity contribution in [3.63, 3.8) is 0 Å². The van der Waals surface area contributed by atoms with Crippen LogP contribution >= 0.6 is 8.53 Å². The summed E-state index contributed by atoms with van der Waals surface area (Å²) in [6.45, 7) is 10.4. The lowest BCUT2D eigenvalue weighted by atomic mass is 10.3. The Balaban J connectivity index is 4.09. The average Bonchev–Trinajstić information content (AvgIpc) is 1.85. The van der Waals surface area contributed by atoms with Crippen LogP contribution in [0.15, 0.2) is 0 Å². The molecule has 1 atom stereocenters. The summed E-state index contributed by atoms with van der Waals surface area (Å²) in [5.41, 5.74) is 0. The summed E-state index contributed by atoms with van der Waals surface area (Å²) in [7, 11) is -1.64. The topological polar surface area (TPSA) is 35.5 Å².